The number of rotatable bonds is 0. The average molecular weight is 318 g/mol. The van der Waals surface area contributed by atoms with Crippen molar-refractivity contribution >= 4 is 11.8 Å². The summed E-state index contributed by atoms with van der Waals surface area (Å²) in [6.45, 7) is 4.34. The lowest BCUT2D eigenvalue weighted by Gasteiger charge is -2.60. The van der Waals surface area contributed by atoms with Crippen molar-refractivity contribution in [1.29, 1.82) is 0 Å². The normalized spacial score (nSPS) is 49.4. The van der Waals surface area contributed by atoms with Crippen LogP contribution in [0.4, 0.5) is 0 Å². The molecule has 4 rings (SSSR count). The predicted molar refractivity (Wildman–Crippen MR) is 84.5 cm³/mol. The van der Waals surface area contributed by atoms with Gasteiger partial charge >= 0.3 is 5.97 Å². The lowest BCUT2D eigenvalue weighted by atomic mass is 9.47. The molecular formula is C19H26O4. The number of hydrogen-bond donors (Lipinski definition) is 1. The first-order valence-corrected chi connectivity index (χ1v) is 8.97. The van der Waals surface area contributed by atoms with Crippen molar-refractivity contribution in [3.05, 3.63) is 11.6 Å². The molecule has 0 spiro atoms. The Balaban J connectivity index is 1.72. The van der Waals surface area contributed by atoms with Crippen molar-refractivity contribution in [3.63, 3.8) is 0 Å². The Hall–Kier alpha value is -1.16. The van der Waals surface area contributed by atoms with E-state index in [1.54, 1.807) is 6.08 Å². The summed E-state index contributed by atoms with van der Waals surface area (Å²) in [6, 6.07) is 0. The number of esters is 1. The van der Waals surface area contributed by atoms with E-state index in [1.807, 2.05) is 0 Å². The van der Waals surface area contributed by atoms with Crippen LogP contribution >= 0.6 is 0 Å². The summed E-state index contributed by atoms with van der Waals surface area (Å²) in [7, 11) is 0. The monoisotopic (exact) mass is 318 g/mol. The fraction of sp³-hybridized carbons (Fsp3) is 0.789. The first-order valence-electron chi connectivity index (χ1n) is 8.97. The average Bonchev–Trinajstić information content (AvgIpc) is 2.48. The van der Waals surface area contributed by atoms with Crippen molar-refractivity contribution in [2.45, 2.75) is 70.5 Å². The molecule has 1 aliphatic heterocycles. The second kappa shape index (κ2) is 4.92. The number of ether oxygens (including phenoxy) is 1. The zero-order valence-corrected chi connectivity index (χ0v) is 14.0. The summed E-state index contributed by atoms with van der Waals surface area (Å²) in [5, 5.41) is 10.9. The van der Waals surface area contributed by atoms with Crippen LogP contribution in [0.15, 0.2) is 11.6 Å². The molecule has 2 saturated carbocycles. The van der Waals surface area contributed by atoms with E-state index in [1.165, 1.54) is 0 Å². The molecule has 1 saturated heterocycles. The molecule has 0 amide bonds. The fourth-order valence-corrected chi connectivity index (χ4v) is 6.05. The number of hydrogen-bond acceptors (Lipinski definition) is 4. The highest BCUT2D eigenvalue weighted by molar-refractivity contribution is 5.91. The predicted octanol–water partition coefficient (Wildman–Crippen LogP) is 2.78. The van der Waals surface area contributed by atoms with E-state index in [0.717, 1.165) is 31.3 Å². The Morgan fingerprint density at radius 1 is 1.13 bits per heavy atom. The number of aliphatic hydroxyl groups excluding tert-OH is 1. The van der Waals surface area contributed by atoms with E-state index in [4.69, 9.17) is 4.74 Å². The summed E-state index contributed by atoms with van der Waals surface area (Å²) in [6.07, 6.45) is 6.62. The standard InChI is InChI=1S/C19H26O4/c1-18-7-5-12(20)9-11(18)10-15(21)17-13(18)6-8-19(2)14(17)3-4-16(22)23-19/h9,13-15,17,21H,3-8,10H2,1-2H3/t13-,14+,15-,17+,18-,19+/m0/s1. The minimum Gasteiger partial charge on any atom is -0.459 e. The van der Waals surface area contributed by atoms with Gasteiger partial charge in [0, 0.05) is 18.8 Å². The maximum atomic E-state index is 11.8. The molecule has 4 heteroatoms. The van der Waals surface area contributed by atoms with E-state index in [2.05, 4.69) is 13.8 Å². The maximum absolute atomic E-state index is 11.8. The summed E-state index contributed by atoms with van der Waals surface area (Å²) in [5.74, 6) is 0.917. The van der Waals surface area contributed by atoms with Crippen LogP contribution in [0.2, 0.25) is 0 Å². The van der Waals surface area contributed by atoms with Crippen molar-refractivity contribution in [2.24, 2.45) is 23.2 Å². The van der Waals surface area contributed by atoms with Crippen LogP contribution < -0.4 is 0 Å². The highest BCUT2D eigenvalue weighted by Gasteiger charge is 2.60. The smallest absolute Gasteiger partial charge is 0.306 e. The Labute approximate surface area is 137 Å². The SMILES string of the molecule is C[C@@]12CC[C@H]3[C@H]([C@H]1CCC(=O)O2)[C@@H](O)CC1=CC(=O)CC[C@@]13C. The quantitative estimate of drug-likeness (QED) is 0.698. The van der Waals surface area contributed by atoms with Crippen molar-refractivity contribution in [2.75, 3.05) is 0 Å². The van der Waals surface area contributed by atoms with E-state index in [0.29, 0.717) is 25.2 Å². The molecule has 0 unspecified atom stereocenters. The molecule has 6 atom stereocenters. The number of carbonyl (C=O) groups is 2. The molecule has 0 aromatic heterocycles. The largest absolute Gasteiger partial charge is 0.459 e. The topological polar surface area (TPSA) is 63.6 Å². The molecule has 4 aliphatic rings. The van der Waals surface area contributed by atoms with Gasteiger partial charge in [0.2, 0.25) is 0 Å². The number of carbonyl (C=O) groups excluding carboxylic acids is 2. The van der Waals surface area contributed by atoms with Gasteiger partial charge in [-0.2, -0.15) is 0 Å². The lowest BCUT2D eigenvalue weighted by molar-refractivity contribution is -0.204. The molecule has 4 nitrogen and oxygen atoms in total. The third-order valence-corrected chi connectivity index (χ3v) is 7.32. The number of fused-ring (bicyclic) bond motifs is 5. The van der Waals surface area contributed by atoms with Crippen LogP contribution in [0.25, 0.3) is 0 Å². The molecule has 3 aliphatic carbocycles. The van der Waals surface area contributed by atoms with E-state index in [-0.39, 0.29) is 29.0 Å². The summed E-state index contributed by atoms with van der Waals surface area (Å²) in [4.78, 5) is 23.6. The third kappa shape index (κ3) is 2.14. The summed E-state index contributed by atoms with van der Waals surface area (Å²) in [5.41, 5.74) is 0.763. The first kappa shape index (κ1) is 15.4. The van der Waals surface area contributed by atoms with Crippen molar-refractivity contribution < 1.29 is 19.4 Å². The van der Waals surface area contributed by atoms with Gasteiger partial charge in [-0.25, -0.2) is 0 Å². The van der Waals surface area contributed by atoms with Gasteiger partial charge < -0.3 is 9.84 Å². The Morgan fingerprint density at radius 3 is 2.70 bits per heavy atom. The van der Waals surface area contributed by atoms with Crippen LogP contribution in [-0.2, 0) is 14.3 Å². The maximum Gasteiger partial charge on any atom is 0.306 e. The zero-order chi connectivity index (χ0) is 16.4. The highest BCUT2D eigenvalue weighted by Crippen LogP contribution is 2.61. The first-order chi connectivity index (χ1) is 10.8. The zero-order valence-electron chi connectivity index (χ0n) is 14.0. The molecule has 3 fully saturated rings. The summed E-state index contributed by atoms with van der Waals surface area (Å²) >= 11 is 0. The van der Waals surface area contributed by atoms with Crippen LogP contribution in [0, 0.1) is 23.2 Å². The Kier molecular flexibility index (Phi) is 3.29. The molecule has 1 heterocycles. The number of ketones is 1. The molecule has 0 bridgehead atoms. The Morgan fingerprint density at radius 2 is 1.91 bits per heavy atom. The second-order valence-corrected chi connectivity index (χ2v) is 8.48. The molecule has 0 radical (unpaired) electrons. The minimum absolute atomic E-state index is 0.0284. The lowest BCUT2D eigenvalue weighted by Crippen LogP contribution is -2.60. The minimum atomic E-state index is -0.424. The van der Waals surface area contributed by atoms with Gasteiger partial charge in [0.15, 0.2) is 5.78 Å². The van der Waals surface area contributed by atoms with Gasteiger partial charge in [-0.1, -0.05) is 12.5 Å². The van der Waals surface area contributed by atoms with Gasteiger partial charge in [-0.15, -0.1) is 0 Å². The van der Waals surface area contributed by atoms with Crippen LogP contribution in [0.5, 0.6) is 0 Å². The van der Waals surface area contributed by atoms with Crippen LogP contribution in [-0.4, -0.2) is 28.6 Å². The second-order valence-electron chi connectivity index (χ2n) is 8.48. The van der Waals surface area contributed by atoms with Gasteiger partial charge in [0.05, 0.1) is 6.10 Å². The number of allylic oxidation sites excluding steroid dienone is 1. The van der Waals surface area contributed by atoms with Gasteiger partial charge in [-0.3, -0.25) is 9.59 Å². The van der Waals surface area contributed by atoms with Gasteiger partial charge in [0.1, 0.15) is 5.60 Å². The van der Waals surface area contributed by atoms with Crippen molar-refractivity contribution in [1.82, 2.24) is 0 Å². The van der Waals surface area contributed by atoms with E-state index < -0.39 is 11.7 Å². The molecule has 23 heavy (non-hydrogen) atoms. The molecule has 0 aromatic carbocycles. The van der Waals surface area contributed by atoms with Crippen LogP contribution in [0.3, 0.4) is 0 Å². The third-order valence-electron chi connectivity index (χ3n) is 7.32. The molecule has 126 valence electrons. The van der Waals surface area contributed by atoms with Crippen LogP contribution in [0.1, 0.15) is 58.8 Å². The highest BCUT2D eigenvalue weighted by atomic mass is 16.6. The van der Waals surface area contributed by atoms with Gasteiger partial charge in [0.25, 0.3) is 0 Å². The number of aliphatic hydroxyl groups is 1. The fourth-order valence-electron chi connectivity index (χ4n) is 6.05. The molecule has 0 aromatic rings. The Bertz CT molecular complexity index is 594. The molecular weight excluding hydrogens is 292 g/mol. The van der Waals surface area contributed by atoms with Crippen molar-refractivity contribution in [3.8, 4) is 0 Å². The summed E-state index contributed by atoms with van der Waals surface area (Å²) < 4.78 is 5.74. The van der Waals surface area contributed by atoms with Gasteiger partial charge in [-0.05, 0) is 62.4 Å². The van der Waals surface area contributed by atoms with E-state index in [9.17, 15) is 14.7 Å². The molecule has 1 N–H and O–H groups in total. The van der Waals surface area contributed by atoms with E-state index >= 15 is 0 Å².